The minimum absolute atomic E-state index is 0.0821. The molecule has 2 rings (SSSR count). The lowest BCUT2D eigenvalue weighted by Gasteiger charge is -2.09. The molecule has 1 aromatic heterocycles. The second-order valence-corrected chi connectivity index (χ2v) is 4.58. The number of carbonyl (C=O) groups is 1. The Morgan fingerprint density at radius 1 is 1.14 bits per heavy atom. The van der Waals surface area contributed by atoms with Crippen molar-refractivity contribution in [3.63, 3.8) is 0 Å². The molecule has 0 spiro atoms. The third-order valence-electron chi connectivity index (χ3n) is 2.76. The lowest BCUT2D eigenvalue weighted by Crippen LogP contribution is -2.32. The molecule has 0 aliphatic carbocycles. The van der Waals surface area contributed by atoms with Gasteiger partial charge in [-0.2, -0.15) is 0 Å². The quantitative estimate of drug-likeness (QED) is 0.796. The van der Waals surface area contributed by atoms with Crippen LogP contribution in [0.4, 0.5) is 4.39 Å². The smallest absolute Gasteiger partial charge is 0.258 e. The Morgan fingerprint density at radius 2 is 1.86 bits per heavy atom. The molecule has 2 aromatic rings. The summed E-state index contributed by atoms with van der Waals surface area (Å²) < 4.78 is 23.3. The third-order valence-corrected chi connectivity index (χ3v) is 2.76. The Hall–Kier alpha value is -2.63. The molecule has 0 aliphatic heterocycles. The molecular weight excluding hydrogens is 287 g/mol. The van der Waals surface area contributed by atoms with Gasteiger partial charge in [-0.1, -0.05) is 0 Å². The number of rotatable bonds is 7. The van der Waals surface area contributed by atoms with E-state index in [9.17, 15) is 9.18 Å². The number of pyridine rings is 1. The lowest BCUT2D eigenvalue weighted by molar-refractivity contribution is -0.123. The summed E-state index contributed by atoms with van der Waals surface area (Å²) in [6, 6.07) is 9.26. The molecule has 0 radical (unpaired) electrons. The molecule has 0 bridgehead atoms. The molecule has 22 heavy (non-hydrogen) atoms. The third kappa shape index (κ3) is 5.40. The zero-order valence-corrected chi connectivity index (χ0v) is 12.2. The Morgan fingerprint density at radius 3 is 2.55 bits per heavy atom. The molecule has 0 atom stereocenters. The number of halogens is 1. The maximum atomic E-state index is 12.7. The summed E-state index contributed by atoms with van der Waals surface area (Å²) >= 11 is 0. The fourth-order valence-corrected chi connectivity index (χ4v) is 1.63. The molecule has 1 N–H and O–H groups in total. The van der Waals surface area contributed by atoms with Crippen molar-refractivity contribution in [2.75, 3.05) is 19.8 Å². The standard InChI is InChI=1S/C16H17FN2O3/c1-12-2-5-15(10-19-12)22-11-16(20)18-8-9-21-14-6-3-13(17)4-7-14/h2-7,10H,8-9,11H2,1H3,(H,18,20). The number of aryl methyl sites for hydroxylation is 1. The van der Waals surface area contributed by atoms with Crippen LogP contribution < -0.4 is 14.8 Å². The number of nitrogens with zero attached hydrogens (tertiary/aromatic N) is 1. The Bertz CT molecular complexity index is 600. The number of amides is 1. The van der Waals surface area contributed by atoms with Crippen molar-refractivity contribution in [2.45, 2.75) is 6.92 Å². The van der Waals surface area contributed by atoms with Crippen LogP contribution in [0.2, 0.25) is 0 Å². The molecule has 1 aromatic carbocycles. The van der Waals surface area contributed by atoms with Gasteiger partial charge < -0.3 is 14.8 Å². The van der Waals surface area contributed by atoms with Crippen LogP contribution in [0, 0.1) is 12.7 Å². The van der Waals surface area contributed by atoms with Crippen LogP contribution in [0.25, 0.3) is 0 Å². The van der Waals surface area contributed by atoms with E-state index in [4.69, 9.17) is 9.47 Å². The lowest BCUT2D eigenvalue weighted by atomic mass is 10.3. The highest BCUT2D eigenvalue weighted by Crippen LogP contribution is 2.10. The fourth-order valence-electron chi connectivity index (χ4n) is 1.63. The van der Waals surface area contributed by atoms with Gasteiger partial charge >= 0.3 is 0 Å². The number of nitrogens with one attached hydrogen (secondary N) is 1. The van der Waals surface area contributed by atoms with E-state index in [1.165, 1.54) is 24.3 Å². The molecule has 0 aliphatic rings. The van der Waals surface area contributed by atoms with Gasteiger partial charge in [0.05, 0.1) is 12.7 Å². The average Bonchev–Trinajstić information content (AvgIpc) is 2.53. The highest BCUT2D eigenvalue weighted by molar-refractivity contribution is 5.77. The van der Waals surface area contributed by atoms with Gasteiger partial charge in [-0.05, 0) is 43.3 Å². The summed E-state index contributed by atoms with van der Waals surface area (Å²) in [6.07, 6.45) is 1.57. The van der Waals surface area contributed by atoms with Crippen LogP contribution in [0.1, 0.15) is 5.69 Å². The number of benzene rings is 1. The molecule has 1 heterocycles. The van der Waals surface area contributed by atoms with Crippen LogP contribution in [-0.2, 0) is 4.79 Å². The van der Waals surface area contributed by atoms with Crippen LogP contribution in [0.3, 0.4) is 0 Å². The summed E-state index contributed by atoms with van der Waals surface area (Å²) in [5, 5.41) is 2.66. The minimum Gasteiger partial charge on any atom is -0.492 e. The summed E-state index contributed by atoms with van der Waals surface area (Å²) in [4.78, 5) is 15.6. The summed E-state index contributed by atoms with van der Waals surface area (Å²) in [5.41, 5.74) is 0.884. The Kier molecular flexibility index (Phi) is 5.71. The molecule has 5 nitrogen and oxygen atoms in total. The monoisotopic (exact) mass is 304 g/mol. The first-order valence-electron chi connectivity index (χ1n) is 6.84. The maximum absolute atomic E-state index is 12.7. The van der Waals surface area contributed by atoms with Gasteiger partial charge in [-0.15, -0.1) is 0 Å². The Labute approximate surface area is 128 Å². The van der Waals surface area contributed by atoms with E-state index in [1.807, 2.05) is 13.0 Å². The first-order valence-corrected chi connectivity index (χ1v) is 6.84. The van der Waals surface area contributed by atoms with Crippen molar-refractivity contribution in [3.05, 3.63) is 54.1 Å². The van der Waals surface area contributed by atoms with Crippen molar-refractivity contribution >= 4 is 5.91 Å². The molecule has 0 saturated heterocycles. The van der Waals surface area contributed by atoms with E-state index in [0.29, 0.717) is 24.7 Å². The first kappa shape index (κ1) is 15.8. The van der Waals surface area contributed by atoms with E-state index in [0.717, 1.165) is 5.69 Å². The highest BCUT2D eigenvalue weighted by atomic mass is 19.1. The number of carbonyl (C=O) groups excluding carboxylic acids is 1. The molecule has 6 heteroatoms. The second-order valence-electron chi connectivity index (χ2n) is 4.58. The zero-order chi connectivity index (χ0) is 15.8. The van der Waals surface area contributed by atoms with Crippen LogP contribution in [0.5, 0.6) is 11.5 Å². The van der Waals surface area contributed by atoms with Crippen molar-refractivity contribution in [1.82, 2.24) is 10.3 Å². The molecular formula is C16H17FN2O3. The normalized spacial score (nSPS) is 10.1. The topological polar surface area (TPSA) is 60.5 Å². The summed E-state index contributed by atoms with van der Waals surface area (Å²) in [7, 11) is 0. The summed E-state index contributed by atoms with van der Waals surface area (Å²) in [6.45, 7) is 2.42. The minimum atomic E-state index is -0.316. The summed E-state index contributed by atoms with van der Waals surface area (Å²) in [5.74, 6) is 0.535. The van der Waals surface area contributed by atoms with E-state index in [1.54, 1.807) is 12.3 Å². The number of hydrogen-bond donors (Lipinski definition) is 1. The fraction of sp³-hybridized carbons (Fsp3) is 0.250. The van der Waals surface area contributed by atoms with Gasteiger partial charge in [-0.25, -0.2) is 4.39 Å². The van der Waals surface area contributed by atoms with Gasteiger partial charge in [0, 0.05) is 5.69 Å². The molecule has 0 fully saturated rings. The zero-order valence-electron chi connectivity index (χ0n) is 12.2. The van der Waals surface area contributed by atoms with Crippen molar-refractivity contribution in [2.24, 2.45) is 0 Å². The van der Waals surface area contributed by atoms with Gasteiger partial charge in [0.2, 0.25) is 0 Å². The van der Waals surface area contributed by atoms with Gasteiger partial charge in [0.15, 0.2) is 6.61 Å². The number of hydrogen-bond acceptors (Lipinski definition) is 4. The number of ether oxygens (including phenoxy) is 2. The first-order chi connectivity index (χ1) is 10.6. The molecule has 116 valence electrons. The predicted octanol–water partition coefficient (Wildman–Crippen LogP) is 2.10. The van der Waals surface area contributed by atoms with E-state index in [-0.39, 0.29) is 18.3 Å². The van der Waals surface area contributed by atoms with E-state index < -0.39 is 0 Å². The van der Waals surface area contributed by atoms with Gasteiger partial charge in [0.1, 0.15) is 23.9 Å². The highest BCUT2D eigenvalue weighted by Gasteiger charge is 2.03. The Balaban J connectivity index is 1.61. The predicted molar refractivity (Wildman–Crippen MR) is 79.4 cm³/mol. The largest absolute Gasteiger partial charge is 0.492 e. The van der Waals surface area contributed by atoms with E-state index in [2.05, 4.69) is 10.3 Å². The van der Waals surface area contributed by atoms with Crippen molar-refractivity contribution in [3.8, 4) is 11.5 Å². The van der Waals surface area contributed by atoms with Crippen molar-refractivity contribution in [1.29, 1.82) is 0 Å². The number of aromatic nitrogens is 1. The molecule has 0 saturated carbocycles. The second kappa shape index (κ2) is 7.97. The van der Waals surface area contributed by atoms with E-state index >= 15 is 0 Å². The van der Waals surface area contributed by atoms with Crippen LogP contribution >= 0.6 is 0 Å². The molecule has 1 amide bonds. The maximum Gasteiger partial charge on any atom is 0.258 e. The van der Waals surface area contributed by atoms with Gasteiger partial charge in [0.25, 0.3) is 5.91 Å². The van der Waals surface area contributed by atoms with Gasteiger partial charge in [-0.3, -0.25) is 9.78 Å². The average molecular weight is 304 g/mol. The van der Waals surface area contributed by atoms with Crippen LogP contribution in [-0.4, -0.2) is 30.6 Å². The SMILES string of the molecule is Cc1ccc(OCC(=O)NCCOc2ccc(F)cc2)cn1. The molecule has 0 unspecified atom stereocenters. The van der Waals surface area contributed by atoms with Crippen molar-refractivity contribution < 1.29 is 18.7 Å². The van der Waals surface area contributed by atoms with Crippen LogP contribution in [0.15, 0.2) is 42.6 Å².